The molecular formula is C21H23N3O5. The molecule has 1 heterocycles. The van der Waals surface area contributed by atoms with Crippen LogP contribution in [0.15, 0.2) is 53.6 Å². The predicted octanol–water partition coefficient (Wildman–Crippen LogP) is 1.13. The lowest BCUT2D eigenvalue weighted by Gasteiger charge is -2.17. The number of benzene rings is 2. The standard InChI is InChI=1S/C21H23N3O5/c1-28-18-9-16-17(10-19(18)29-2)22-13-24(21(16)27)11-20(26)23-15(12-25)8-14-6-4-3-5-7-14/h3-7,9-10,13,15,25H,8,11-12H2,1-2H3,(H,23,26). The summed E-state index contributed by atoms with van der Waals surface area (Å²) in [5, 5.41) is 12.7. The zero-order valence-electron chi connectivity index (χ0n) is 16.3. The maximum Gasteiger partial charge on any atom is 0.261 e. The first kappa shape index (κ1) is 20.3. The first-order valence-corrected chi connectivity index (χ1v) is 9.11. The van der Waals surface area contributed by atoms with E-state index in [4.69, 9.17) is 9.47 Å². The average Bonchev–Trinajstić information content (AvgIpc) is 2.75. The van der Waals surface area contributed by atoms with Crippen LogP contribution in [0, 0.1) is 0 Å². The molecule has 0 radical (unpaired) electrons. The van der Waals surface area contributed by atoms with E-state index >= 15 is 0 Å². The second-order valence-electron chi connectivity index (χ2n) is 6.54. The van der Waals surface area contributed by atoms with Gasteiger partial charge < -0.3 is 19.9 Å². The summed E-state index contributed by atoms with van der Waals surface area (Å²) in [4.78, 5) is 29.4. The van der Waals surface area contributed by atoms with Crippen LogP contribution in [0.2, 0.25) is 0 Å². The van der Waals surface area contributed by atoms with Gasteiger partial charge in [-0.15, -0.1) is 0 Å². The van der Waals surface area contributed by atoms with Crippen LogP contribution in [0.4, 0.5) is 0 Å². The lowest BCUT2D eigenvalue weighted by molar-refractivity contribution is -0.122. The first-order valence-electron chi connectivity index (χ1n) is 9.11. The van der Waals surface area contributed by atoms with Crippen molar-refractivity contribution in [2.45, 2.75) is 19.0 Å². The molecule has 29 heavy (non-hydrogen) atoms. The number of rotatable bonds is 8. The third kappa shape index (κ3) is 4.72. The van der Waals surface area contributed by atoms with E-state index in [0.717, 1.165) is 5.56 Å². The lowest BCUT2D eigenvalue weighted by Crippen LogP contribution is -2.42. The number of fused-ring (bicyclic) bond motifs is 1. The third-order valence-electron chi connectivity index (χ3n) is 4.55. The summed E-state index contributed by atoms with van der Waals surface area (Å²) in [7, 11) is 2.98. The summed E-state index contributed by atoms with van der Waals surface area (Å²) in [5.41, 5.74) is 1.08. The number of hydrogen-bond acceptors (Lipinski definition) is 6. The molecule has 1 atom stereocenters. The van der Waals surface area contributed by atoms with Gasteiger partial charge >= 0.3 is 0 Å². The second-order valence-corrected chi connectivity index (χ2v) is 6.54. The smallest absolute Gasteiger partial charge is 0.261 e. The van der Waals surface area contributed by atoms with Crippen LogP contribution in [-0.4, -0.2) is 47.4 Å². The number of aliphatic hydroxyl groups excluding tert-OH is 1. The molecule has 1 unspecified atom stereocenters. The zero-order chi connectivity index (χ0) is 20.8. The van der Waals surface area contributed by atoms with Gasteiger partial charge in [-0.1, -0.05) is 30.3 Å². The fraction of sp³-hybridized carbons (Fsp3) is 0.286. The molecule has 3 rings (SSSR count). The number of carbonyl (C=O) groups is 1. The van der Waals surface area contributed by atoms with Gasteiger partial charge in [0.2, 0.25) is 5.91 Å². The maximum atomic E-state index is 12.8. The molecule has 2 aromatic carbocycles. The maximum absolute atomic E-state index is 12.8. The lowest BCUT2D eigenvalue weighted by atomic mass is 10.1. The predicted molar refractivity (Wildman–Crippen MR) is 108 cm³/mol. The number of hydrogen-bond donors (Lipinski definition) is 2. The van der Waals surface area contributed by atoms with Gasteiger partial charge in [0.05, 0.1) is 44.1 Å². The van der Waals surface area contributed by atoms with Gasteiger partial charge in [-0.05, 0) is 18.1 Å². The molecule has 3 aromatic rings. The van der Waals surface area contributed by atoms with E-state index in [0.29, 0.717) is 28.8 Å². The molecule has 0 fully saturated rings. The Morgan fingerprint density at radius 2 is 1.86 bits per heavy atom. The van der Waals surface area contributed by atoms with Crippen molar-refractivity contribution < 1.29 is 19.4 Å². The Balaban J connectivity index is 1.77. The van der Waals surface area contributed by atoms with Gasteiger partial charge in [0.1, 0.15) is 6.54 Å². The van der Waals surface area contributed by atoms with Crippen molar-refractivity contribution in [1.82, 2.24) is 14.9 Å². The monoisotopic (exact) mass is 397 g/mol. The van der Waals surface area contributed by atoms with E-state index in [1.165, 1.54) is 25.1 Å². The number of aromatic nitrogens is 2. The molecular weight excluding hydrogens is 374 g/mol. The normalized spacial score (nSPS) is 11.8. The first-order chi connectivity index (χ1) is 14.0. The molecule has 0 spiro atoms. The molecule has 2 N–H and O–H groups in total. The van der Waals surface area contributed by atoms with Crippen molar-refractivity contribution in [2.24, 2.45) is 0 Å². The van der Waals surface area contributed by atoms with Gasteiger partial charge in [-0.3, -0.25) is 14.2 Å². The van der Waals surface area contributed by atoms with Crippen molar-refractivity contribution in [3.63, 3.8) is 0 Å². The van der Waals surface area contributed by atoms with Crippen LogP contribution in [-0.2, 0) is 17.8 Å². The van der Waals surface area contributed by atoms with Crippen molar-refractivity contribution in [3.05, 3.63) is 64.7 Å². The number of nitrogens with zero attached hydrogens (tertiary/aromatic N) is 2. The van der Waals surface area contributed by atoms with Crippen LogP contribution in [0.3, 0.4) is 0 Å². The SMILES string of the molecule is COc1cc2ncn(CC(=O)NC(CO)Cc3ccccc3)c(=O)c2cc1OC. The van der Waals surface area contributed by atoms with Gasteiger partial charge in [-0.2, -0.15) is 0 Å². The highest BCUT2D eigenvalue weighted by Gasteiger charge is 2.15. The summed E-state index contributed by atoms with van der Waals surface area (Å²) in [6.45, 7) is -0.413. The van der Waals surface area contributed by atoms with Crippen LogP contribution in [0.1, 0.15) is 5.56 Å². The van der Waals surface area contributed by atoms with Crippen molar-refractivity contribution >= 4 is 16.8 Å². The molecule has 152 valence electrons. The van der Waals surface area contributed by atoms with E-state index < -0.39 is 6.04 Å². The Kier molecular flexibility index (Phi) is 6.46. The fourth-order valence-corrected chi connectivity index (χ4v) is 3.09. The number of nitrogens with one attached hydrogen (secondary N) is 1. The second kappa shape index (κ2) is 9.20. The van der Waals surface area contributed by atoms with Crippen molar-refractivity contribution in [2.75, 3.05) is 20.8 Å². The molecule has 0 saturated carbocycles. The van der Waals surface area contributed by atoms with Crippen LogP contribution in [0.25, 0.3) is 10.9 Å². The minimum atomic E-state index is -0.446. The highest BCUT2D eigenvalue weighted by atomic mass is 16.5. The Hall–Kier alpha value is -3.39. The topological polar surface area (TPSA) is 103 Å². The van der Waals surface area contributed by atoms with E-state index in [9.17, 15) is 14.7 Å². The van der Waals surface area contributed by atoms with E-state index in [1.807, 2.05) is 30.3 Å². The summed E-state index contributed by atoms with van der Waals surface area (Å²) in [5.74, 6) is 0.488. The number of amides is 1. The highest BCUT2D eigenvalue weighted by molar-refractivity contribution is 5.82. The molecule has 0 aliphatic heterocycles. The van der Waals surface area contributed by atoms with E-state index in [2.05, 4.69) is 10.3 Å². The molecule has 8 heteroatoms. The van der Waals surface area contributed by atoms with Crippen LogP contribution < -0.4 is 20.3 Å². The third-order valence-corrected chi connectivity index (χ3v) is 4.55. The largest absolute Gasteiger partial charge is 0.493 e. The number of methoxy groups -OCH3 is 2. The Morgan fingerprint density at radius 1 is 1.17 bits per heavy atom. The summed E-state index contributed by atoms with van der Waals surface area (Å²) in [6.07, 6.45) is 1.81. The number of ether oxygens (including phenoxy) is 2. The fourth-order valence-electron chi connectivity index (χ4n) is 3.09. The Morgan fingerprint density at radius 3 is 2.52 bits per heavy atom. The Bertz CT molecular complexity index is 1050. The van der Waals surface area contributed by atoms with Gasteiger partial charge in [0.25, 0.3) is 5.56 Å². The van der Waals surface area contributed by atoms with Crippen molar-refractivity contribution in [1.29, 1.82) is 0 Å². The van der Waals surface area contributed by atoms with E-state index in [-0.39, 0.29) is 24.6 Å². The average molecular weight is 397 g/mol. The van der Waals surface area contributed by atoms with Gasteiger partial charge in [0.15, 0.2) is 11.5 Å². The number of aliphatic hydroxyl groups is 1. The van der Waals surface area contributed by atoms with Crippen LogP contribution >= 0.6 is 0 Å². The summed E-state index contributed by atoms with van der Waals surface area (Å²) >= 11 is 0. The van der Waals surface area contributed by atoms with Gasteiger partial charge in [0, 0.05) is 6.07 Å². The van der Waals surface area contributed by atoms with Gasteiger partial charge in [-0.25, -0.2) is 4.98 Å². The minimum absolute atomic E-state index is 0.206. The molecule has 0 aliphatic carbocycles. The quantitative estimate of drug-likeness (QED) is 0.591. The molecule has 1 amide bonds. The van der Waals surface area contributed by atoms with Crippen molar-refractivity contribution in [3.8, 4) is 11.5 Å². The van der Waals surface area contributed by atoms with Crippen LogP contribution in [0.5, 0.6) is 11.5 Å². The molecule has 1 aromatic heterocycles. The highest BCUT2D eigenvalue weighted by Crippen LogP contribution is 2.29. The zero-order valence-corrected chi connectivity index (χ0v) is 16.3. The molecule has 0 saturated heterocycles. The summed E-state index contributed by atoms with van der Waals surface area (Å²) in [6, 6.07) is 12.3. The molecule has 0 aliphatic rings. The number of carbonyl (C=O) groups excluding carboxylic acids is 1. The summed E-state index contributed by atoms with van der Waals surface area (Å²) < 4.78 is 11.7. The Labute approximate surface area is 167 Å². The van der Waals surface area contributed by atoms with E-state index in [1.54, 1.807) is 12.1 Å². The molecule has 8 nitrogen and oxygen atoms in total. The minimum Gasteiger partial charge on any atom is -0.493 e. The molecule has 0 bridgehead atoms.